The summed E-state index contributed by atoms with van der Waals surface area (Å²) in [6, 6.07) is 3.33. The van der Waals surface area contributed by atoms with Crippen LogP contribution in [0.3, 0.4) is 0 Å². The molecule has 0 aliphatic carbocycles. The first-order chi connectivity index (χ1) is 16.1. The van der Waals surface area contributed by atoms with Crippen molar-refractivity contribution in [3.05, 3.63) is 57.9 Å². The Bertz CT molecular complexity index is 1380. The fourth-order valence-electron chi connectivity index (χ4n) is 3.92. The zero-order chi connectivity index (χ0) is 24.4. The third-order valence-corrected chi connectivity index (χ3v) is 8.78. The number of nitrogens with zero attached hydrogens (tertiary/aromatic N) is 2. The van der Waals surface area contributed by atoms with Gasteiger partial charge in [-0.3, -0.25) is 9.78 Å². The van der Waals surface area contributed by atoms with Gasteiger partial charge in [0, 0.05) is 26.9 Å². The number of benzene rings is 1. The molecule has 0 radical (unpaired) electrons. The molecule has 2 atom stereocenters. The van der Waals surface area contributed by atoms with Gasteiger partial charge in [-0.2, -0.15) is 0 Å². The molecule has 176 valence electrons. The van der Waals surface area contributed by atoms with Crippen molar-refractivity contribution in [2.75, 3.05) is 12.0 Å². The largest absolute Gasteiger partial charge is 0.494 e. The number of carbonyl (C=O) groups is 2. The minimum Gasteiger partial charge on any atom is -0.494 e. The summed E-state index contributed by atoms with van der Waals surface area (Å²) in [6.07, 6.45) is 4.85. The molecule has 7 nitrogen and oxygen atoms in total. The molecule has 2 aliphatic heterocycles. The second kappa shape index (κ2) is 8.23. The monoisotopic (exact) mass is 519 g/mol. The first-order valence-corrected chi connectivity index (χ1v) is 12.3. The summed E-state index contributed by atoms with van der Waals surface area (Å²) in [5.74, 6) is -0.955. The highest BCUT2D eigenvalue weighted by atomic mass is 35.5. The van der Waals surface area contributed by atoms with Crippen LogP contribution in [-0.2, 0) is 10.4 Å². The smallest absolute Gasteiger partial charge is 0.329 e. The summed E-state index contributed by atoms with van der Waals surface area (Å²) in [7, 11) is 1.36. The van der Waals surface area contributed by atoms with Crippen LogP contribution >= 0.6 is 34.7 Å². The van der Waals surface area contributed by atoms with Gasteiger partial charge < -0.3 is 15.2 Å². The molecular formula is C23H19ClFN3O4S2. The van der Waals surface area contributed by atoms with E-state index >= 15 is 0 Å². The minimum atomic E-state index is -1.07. The van der Waals surface area contributed by atoms with E-state index in [0.29, 0.717) is 25.7 Å². The van der Waals surface area contributed by atoms with Crippen LogP contribution < -0.4 is 15.0 Å². The Kier molecular flexibility index (Phi) is 5.59. The number of rotatable bonds is 4. The lowest BCUT2D eigenvalue weighted by atomic mass is 10.1. The molecule has 2 aromatic heterocycles. The first-order valence-electron chi connectivity index (χ1n) is 10.2. The van der Waals surface area contributed by atoms with E-state index in [4.69, 9.17) is 16.3 Å². The van der Waals surface area contributed by atoms with Crippen LogP contribution in [-0.4, -0.2) is 40.4 Å². The lowest BCUT2D eigenvalue weighted by Gasteiger charge is -2.33. The summed E-state index contributed by atoms with van der Waals surface area (Å²) in [4.78, 5) is 33.2. The number of nitrogens with one attached hydrogen (secondary N) is 1. The Morgan fingerprint density at radius 2 is 2.03 bits per heavy atom. The molecule has 3 aromatic rings. The van der Waals surface area contributed by atoms with Crippen LogP contribution in [0.2, 0.25) is 5.02 Å². The fourth-order valence-corrected chi connectivity index (χ4v) is 6.66. The molecule has 0 bridgehead atoms. The van der Waals surface area contributed by atoms with Crippen LogP contribution in [0, 0.1) is 5.82 Å². The normalized spacial score (nSPS) is 20.4. The van der Waals surface area contributed by atoms with Crippen molar-refractivity contribution in [2.45, 2.75) is 30.7 Å². The van der Waals surface area contributed by atoms with Crippen LogP contribution in [0.5, 0.6) is 5.75 Å². The molecule has 11 heteroatoms. The molecule has 4 heterocycles. The number of aromatic nitrogens is 1. The summed E-state index contributed by atoms with van der Waals surface area (Å²) in [5, 5.41) is 13.5. The van der Waals surface area contributed by atoms with Gasteiger partial charge in [-0.1, -0.05) is 11.6 Å². The summed E-state index contributed by atoms with van der Waals surface area (Å²) in [5.41, 5.74) is -0.199. The molecule has 1 fully saturated rings. The van der Waals surface area contributed by atoms with E-state index in [1.807, 2.05) is 0 Å². The van der Waals surface area contributed by atoms with Gasteiger partial charge in [0.2, 0.25) is 0 Å². The number of hydrogen-bond acceptors (Lipinski definition) is 7. The van der Waals surface area contributed by atoms with Crippen LogP contribution in [0.15, 0.2) is 36.7 Å². The topological polar surface area (TPSA) is 91.8 Å². The summed E-state index contributed by atoms with van der Waals surface area (Å²) >= 11 is 8.82. The first kappa shape index (κ1) is 23.1. The number of urea groups is 1. The van der Waals surface area contributed by atoms with Crippen molar-refractivity contribution in [1.29, 1.82) is 0 Å². The van der Waals surface area contributed by atoms with Crippen LogP contribution in [0.25, 0.3) is 15.0 Å². The molecule has 2 unspecified atom stereocenters. The number of thiophene rings is 1. The van der Waals surface area contributed by atoms with Gasteiger partial charge in [0.15, 0.2) is 11.6 Å². The molecule has 1 aromatic carbocycles. The molecule has 5 rings (SSSR count). The molecule has 0 saturated carbocycles. The predicted molar refractivity (Wildman–Crippen MR) is 132 cm³/mol. The average Bonchev–Trinajstić information content (AvgIpc) is 3.39. The molecule has 1 saturated heterocycles. The number of halogens is 2. The second-order valence-electron chi connectivity index (χ2n) is 8.43. The molecule has 2 N–H and O–H groups in total. The van der Waals surface area contributed by atoms with E-state index in [-0.39, 0.29) is 10.8 Å². The average molecular weight is 520 g/mol. The molecular weight excluding hydrogens is 501 g/mol. The van der Waals surface area contributed by atoms with Gasteiger partial charge in [-0.25, -0.2) is 14.1 Å². The Morgan fingerprint density at radius 1 is 1.26 bits per heavy atom. The zero-order valence-electron chi connectivity index (χ0n) is 18.3. The number of methoxy groups -OCH3 is 1. The van der Waals surface area contributed by atoms with E-state index in [1.165, 1.54) is 42.5 Å². The van der Waals surface area contributed by atoms with E-state index in [1.54, 1.807) is 32.2 Å². The lowest BCUT2D eigenvalue weighted by molar-refractivity contribution is -0.118. The quantitative estimate of drug-likeness (QED) is 0.509. The Hall–Kier alpha value is -2.66. The number of aliphatic hydroxyl groups is 1. The van der Waals surface area contributed by atoms with E-state index < -0.39 is 34.6 Å². The molecule has 0 spiro atoms. The third kappa shape index (κ3) is 3.74. The highest BCUT2D eigenvalue weighted by molar-refractivity contribution is 8.09. The van der Waals surface area contributed by atoms with Crippen molar-refractivity contribution in [1.82, 2.24) is 10.3 Å². The van der Waals surface area contributed by atoms with Gasteiger partial charge >= 0.3 is 6.03 Å². The minimum absolute atomic E-state index is 0.0332. The SMILES string of the molecule is COc1cc(C2=CC3NC(=O)N(c4cncc5cc(C(C)(C)O)sc45)C(=O)C3S2)c(Cl)cc1F. The number of anilines is 1. The number of thioether (sulfide) groups is 1. The zero-order valence-corrected chi connectivity index (χ0v) is 20.6. The summed E-state index contributed by atoms with van der Waals surface area (Å²) in [6.45, 7) is 3.35. The number of ether oxygens (including phenoxy) is 1. The van der Waals surface area contributed by atoms with Crippen molar-refractivity contribution in [3.63, 3.8) is 0 Å². The fraction of sp³-hybridized carbons (Fsp3) is 0.261. The summed E-state index contributed by atoms with van der Waals surface area (Å²) < 4.78 is 19.7. The van der Waals surface area contributed by atoms with E-state index in [0.717, 1.165) is 16.4 Å². The molecule has 2 aliphatic rings. The Balaban J connectivity index is 1.50. The van der Waals surface area contributed by atoms with Gasteiger partial charge in [-0.15, -0.1) is 23.1 Å². The molecule has 34 heavy (non-hydrogen) atoms. The van der Waals surface area contributed by atoms with Crippen molar-refractivity contribution < 1.29 is 23.8 Å². The number of fused-ring (bicyclic) bond motifs is 2. The lowest BCUT2D eigenvalue weighted by Crippen LogP contribution is -2.60. The maximum Gasteiger partial charge on any atom is 0.329 e. The van der Waals surface area contributed by atoms with Gasteiger partial charge in [-0.05, 0) is 38.1 Å². The highest BCUT2D eigenvalue weighted by Gasteiger charge is 2.46. The van der Waals surface area contributed by atoms with E-state index in [9.17, 15) is 19.1 Å². The number of amides is 3. The number of pyridine rings is 1. The second-order valence-corrected chi connectivity index (χ2v) is 11.1. The number of carbonyl (C=O) groups excluding carboxylic acids is 2. The predicted octanol–water partition coefficient (Wildman–Crippen LogP) is 4.91. The van der Waals surface area contributed by atoms with Crippen molar-refractivity contribution in [2.24, 2.45) is 0 Å². The van der Waals surface area contributed by atoms with E-state index in [2.05, 4.69) is 10.3 Å². The maximum absolute atomic E-state index is 14.0. The third-order valence-electron chi connectivity index (χ3n) is 5.62. The Morgan fingerprint density at radius 3 is 2.74 bits per heavy atom. The number of imide groups is 1. The standard InChI is InChI=1S/C23H19ClFN3O4S2/c1-23(2,31)18-4-10-8-26-9-15(19(10)34-18)28-21(29)20-14(27-22(28)30)7-17(33-20)11-5-16(32-3)13(25)6-12(11)24/h4-9,14,20,31H,1-3H3,(H,27,30). The van der Waals surface area contributed by atoms with Crippen LogP contribution in [0.4, 0.5) is 14.9 Å². The van der Waals surface area contributed by atoms with Crippen LogP contribution in [0.1, 0.15) is 24.3 Å². The van der Waals surface area contributed by atoms with Crippen molar-refractivity contribution >= 4 is 67.3 Å². The van der Waals surface area contributed by atoms with Gasteiger partial charge in [0.1, 0.15) is 5.25 Å². The maximum atomic E-state index is 14.0. The highest BCUT2D eigenvalue weighted by Crippen LogP contribution is 2.46. The number of hydrogen-bond donors (Lipinski definition) is 2. The van der Waals surface area contributed by atoms with Crippen molar-refractivity contribution in [3.8, 4) is 5.75 Å². The molecule has 3 amide bonds. The Labute approximate surface area is 207 Å². The van der Waals surface area contributed by atoms with Gasteiger partial charge in [0.05, 0.1) is 40.4 Å². The van der Waals surface area contributed by atoms with Gasteiger partial charge in [0.25, 0.3) is 5.91 Å².